The largest absolute Gasteiger partial charge is 0.345 e. The predicted octanol–water partition coefficient (Wildman–Crippen LogP) is 2.77. The second-order valence-corrected chi connectivity index (χ2v) is 6.61. The summed E-state index contributed by atoms with van der Waals surface area (Å²) in [5.41, 5.74) is 1.36. The molecule has 0 aromatic heterocycles. The summed E-state index contributed by atoms with van der Waals surface area (Å²) < 4.78 is 0. The minimum atomic E-state index is -0.0405. The summed E-state index contributed by atoms with van der Waals surface area (Å²) in [5, 5.41) is 6.32. The molecule has 0 saturated carbocycles. The third kappa shape index (κ3) is 5.80. The molecule has 134 valence electrons. The predicted molar refractivity (Wildman–Crippen MR) is 99.7 cm³/mol. The number of amides is 2. The molecule has 2 amide bonds. The van der Waals surface area contributed by atoms with E-state index < -0.39 is 0 Å². The van der Waals surface area contributed by atoms with E-state index in [1.807, 2.05) is 0 Å². The molecule has 2 unspecified atom stereocenters. The highest BCUT2D eigenvalue weighted by molar-refractivity contribution is 5.95. The maximum Gasteiger partial charge on any atom is 0.253 e. The van der Waals surface area contributed by atoms with E-state index in [9.17, 15) is 9.59 Å². The average molecular weight is 354 g/mol. The average Bonchev–Trinajstić information content (AvgIpc) is 2.55. The number of halogens is 1. The fraction of sp³-hybridized carbons (Fsp3) is 0.556. The number of nitrogens with one attached hydrogen (secondary N) is 2. The van der Waals surface area contributed by atoms with Crippen LogP contribution in [0.25, 0.3) is 0 Å². The topological polar surface area (TPSA) is 61.4 Å². The van der Waals surface area contributed by atoms with Crippen molar-refractivity contribution < 1.29 is 9.59 Å². The number of hydrogen-bond donors (Lipinski definition) is 2. The molecule has 1 aliphatic rings. The van der Waals surface area contributed by atoms with Crippen LogP contribution in [0, 0.1) is 11.8 Å². The van der Waals surface area contributed by atoms with Crippen LogP contribution in [0.4, 0.5) is 5.69 Å². The van der Waals surface area contributed by atoms with Crippen molar-refractivity contribution in [2.45, 2.75) is 26.2 Å². The fourth-order valence-corrected chi connectivity index (χ4v) is 2.99. The summed E-state index contributed by atoms with van der Waals surface area (Å²) in [7, 11) is 3.44. The van der Waals surface area contributed by atoms with Crippen LogP contribution in [-0.2, 0) is 4.79 Å². The molecule has 0 spiro atoms. The summed E-state index contributed by atoms with van der Waals surface area (Å²) >= 11 is 0. The van der Waals surface area contributed by atoms with Crippen molar-refractivity contribution in [1.29, 1.82) is 0 Å². The zero-order chi connectivity index (χ0) is 16.8. The smallest absolute Gasteiger partial charge is 0.253 e. The molecular weight excluding hydrogens is 326 g/mol. The van der Waals surface area contributed by atoms with Gasteiger partial charge >= 0.3 is 0 Å². The Morgan fingerprint density at radius 3 is 2.50 bits per heavy atom. The molecule has 1 aliphatic heterocycles. The van der Waals surface area contributed by atoms with E-state index in [0.717, 1.165) is 18.8 Å². The molecule has 5 nitrogen and oxygen atoms in total. The van der Waals surface area contributed by atoms with Crippen LogP contribution in [0.1, 0.15) is 36.5 Å². The lowest BCUT2D eigenvalue weighted by molar-refractivity contribution is -0.117. The molecule has 1 aromatic carbocycles. The van der Waals surface area contributed by atoms with E-state index in [-0.39, 0.29) is 24.2 Å². The number of rotatable bonds is 5. The Morgan fingerprint density at radius 2 is 1.96 bits per heavy atom. The lowest BCUT2D eigenvalue weighted by Gasteiger charge is -2.28. The third-order valence-electron chi connectivity index (χ3n) is 4.47. The van der Waals surface area contributed by atoms with Crippen LogP contribution < -0.4 is 10.6 Å². The SMILES string of the molecule is CC(CC(=O)Nc1ccc(C(=O)N(C)C)cc1)C1CCCNC1.Cl. The minimum Gasteiger partial charge on any atom is -0.345 e. The van der Waals surface area contributed by atoms with Crippen LogP contribution in [-0.4, -0.2) is 43.9 Å². The number of carbonyl (C=O) groups is 2. The molecule has 1 fully saturated rings. The minimum absolute atomic E-state index is 0. The molecule has 6 heteroatoms. The third-order valence-corrected chi connectivity index (χ3v) is 4.47. The summed E-state index contributed by atoms with van der Waals surface area (Å²) in [6.45, 7) is 4.25. The van der Waals surface area contributed by atoms with Gasteiger partial charge in [-0.15, -0.1) is 12.4 Å². The first kappa shape index (κ1) is 20.5. The van der Waals surface area contributed by atoms with Gasteiger partial charge in [0.2, 0.25) is 5.91 Å². The Hall–Kier alpha value is -1.59. The quantitative estimate of drug-likeness (QED) is 0.855. The summed E-state index contributed by atoms with van der Waals surface area (Å²) in [4.78, 5) is 25.6. The first-order valence-electron chi connectivity index (χ1n) is 8.29. The fourth-order valence-electron chi connectivity index (χ4n) is 2.99. The molecule has 0 radical (unpaired) electrons. The van der Waals surface area contributed by atoms with Gasteiger partial charge in [-0.2, -0.15) is 0 Å². The lowest BCUT2D eigenvalue weighted by atomic mass is 9.85. The Morgan fingerprint density at radius 1 is 1.29 bits per heavy atom. The number of hydrogen-bond acceptors (Lipinski definition) is 3. The molecule has 0 bridgehead atoms. The number of benzene rings is 1. The number of anilines is 1. The first-order valence-corrected chi connectivity index (χ1v) is 8.29. The van der Waals surface area contributed by atoms with Gasteiger partial charge in [0.15, 0.2) is 0 Å². The van der Waals surface area contributed by atoms with E-state index in [0.29, 0.717) is 23.8 Å². The number of nitrogens with zero attached hydrogens (tertiary/aromatic N) is 1. The van der Waals surface area contributed by atoms with Crippen molar-refractivity contribution in [3.63, 3.8) is 0 Å². The maximum atomic E-state index is 12.2. The molecular formula is C18H28ClN3O2. The van der Waals surface area contributed by atoms with Gasteiger partial charge in [-0.1, -0.05) is 6.92 Å². The normalized spacial score (nSPS) is 18.2. The summed E-state index contributed by atoms with van der Waals surface area (Å²) in [6, 6.07) is 7.04. The molecule has 24 heavy (non-hydrogen) atoms. The number of carbonyl (C=O) groups excluding carboxylic acids is 2. The van der Waals surface area contributed by atoms with Crippen molar-refractivity contribution in [3.8, 4) is 0 Å². The molecule has 2 atom stereocenters. The van der Waals surface area contributed by atoms with E-state index in [2.05, 4.69) is 17.6 Å². The first-order chi connectivity index (χ1) is 11.0. The van der Waals surface area contributed by atoms with Crippen molar-refractivity contribution in [3.05, 3.63) is 29.8 Å². The van der Waals surface area contributed by atoms with Gasteiger partial charge in [-0.3, -0.25) is 9.59 Å². The highest BCUT2D eigenvalue weighted by atomic mass is 35.5. The molecule has 2 rings (SSSR count). The lowest BCUT2D eigenvalue weighted by Crippen LogP contribution is -2.34. The van der Waals surface area contributed by atoms with Gasteiger partial charge in [0.05, 0.1) is 0 Å². The van der Waals surface area contributed by atoms with Gasteiger partial charge in [-0.05, 0) is 62.0 Å². The van der Waals surface area contributed by atoms with Crippen LogP contribution >= 0.6 is 12.4 Å². The van der Waals surface area contributed by atoms with Crippen LogP contribution in [0.3, 0.4) is 0 Å². The standard InChI is InChI=1S/C18H27N3O2.ClH/c1-13(15-5-4-10-19-12-15)11-17(22)20-16-8-6-14(7-9-16)18(23)21(2)3;/h6-9,13,15,19H,4-5,10-12H2,1-3H3,(H,20,22);1H. The second kappa shape index (κ2) is 9.64. The highest BCUT2D eigenvalue weighted by Crippen LogP contribution is 2.23. The van der Waals surface area contributed by atoms with Crippen molar-refractivity contribution in [1.82, 2.24) is 10.2 Å². The molecule has 1 heterocycles. The zero-order valence-corrected chi connectivity index (χ0v) is 15.5. The van der Waals surface area contributed by atoms with E-state index in [1.54, 1.807) is 38.4 Å². The number of piperidine rings is 1. The van der Waals surface area contributed by atoms with Crippen molar-refractivity contribution in [2.24, 2.45) is 11.8 Å². The Labute approximate surface area is 150 Å². The van der Waals surface area contributed by atoms with Crippen LogP contribution in [0.5, 0.6) is 0 Å². The Kier molecular flexibility index (Phi) is 8.22. The summed E-state index contributed by atoms with van der Waals surface area (Å²) in [5.74, 6) is 0.947. The molecule has 2 N–H and O–H groups in total. The van der Waals surface area contributed by atoms with Gasteiger partial charge < -0.3 is 15.5 Å². The highest BCUT2D eigenvalue weighted by Gasteiger charge is 2.22. The molecule has 0 aliphatic carbocycles. The Bertz CT molecular complexity index is 540. The van der Waals surface area contributed by atoms with Gasteiger partial charge in [0, 0.05) is 31.8 Å². The maximum absolute atomic E-state index is 12.2. The van der Waals surface area contributed by atoms with Crippen LogP contribution in [0.2, 0.25) is 0 Å². The van der Waals surface area contributed by atoms with Gasteiger partial charge in [0.1, 0.15) is 0 Å². The van der Waals surface area contributed by atoms with Crippen molar-refractivity contribution >= 4 is 29.9 Å². The molecule has 1 aromatic rings. The summed E-state index contributed by atoms with van der Waals surface area (Å²) in [6.07, 6.45) is 2.92. The molecule has 1 saturated heterocycles. The van der Waals surface area contributed by atoms with Gasteiger partial charge in [-0.25, -0.2) is 0 Å². The van der Waals surface area contributed by atoms with E-state index >= 15 is 0 Å². The van der Waals surface area contributed by atoms with E-state index in [4.69, 9.17) is 0 Å². The Balaban J connectivity index is 0.00000288. The monoisotopic (exact) mass is 353 g/mol. The van der Waals surface area contributed by atoms with Gasteiger partial charge in [0.25, 0.3) is 5.91 Å². The zero-order valence-electron chi connectivity index (χ0n) is 14.7. The van der Waals surface area contributed by atoms with E-state index in [1.165, 1.54) is 17.7 Å². The second-order valence-electron chi connectivity index (χ2n) is 6.61. The van der Waals surface area contributed by atoms with Crippen molar-refractivity contribution in [2.75, 3.05) is 32.5 Å². The van der Waals surface area contributed by atoms with Crippen LogP contribution in [0.15, 0.2) is 24.3 Å².